The second kappa shape index (κ2) is 16.4. The molecule has 0 amide bonds. The highest BCUT2D eigenvalue weighted by atomic mass is 16.3. The maximum absolute atomic E-state index is 11.4. The average molecular weight is 671 g/mol. The number of unbranched alkanes of at least 4 members (excludes halogenated alkanes) is 3. The van der Waals surface area contributed by atoms with Crippen molar-refractivity contribution in [3.8, 4) is 17.2 Å². The van der Waals surface area contributed by atoms with E-state index in [9.17, 15) is 15.3 Å². The first-order chi connectivity index (χ1) is 22.7. The van der Waals surface area contributed by atoms with Gasteiger partial charge in [-0.05, 0) is 135 Å². The van der Waals surface area contributed by atoms with Crippen LogP contribution in [-0.4, -0.2) is 15.3 Å². The molecular weight excluding hydrogens is 601 g/mol. The molecule has 49 heavy (non-hydrogen) atoms. The normalized spacial score (nSPS) is 13.3. The molecule has 0 saturated heterocycles. The zero-order valence-corrected chi connectivity index (χ0v) is 33.5. The predicted molar refractivity (Wildman–Crippen MR) is 211 cm³/mol. The maximum atomic E-state index is 11.4. The Morgan fingerprint density at radius 2 is 0.755 bits per heavy atom. The second-order valence-electron chi connectivity index (χ2n) is 18.0. The number of hydrogen-bond donors (Lipinski definition) is 3. The van der Waals surface area contributed by atoms with Crippen molar-refractivity contribution in [3.63, 3.8) is 0 Å². The molecule has 0 bridgehead atoms. The summed E-state index contributed by atoms with van der Waals surface area (Å²) in [6, 6.07) is 13.1. The van der Waals surface area contributed by atoms with Gasteiger partial charge in [-0.25, -0.2) is 0 Å². The van der Waals surface area contributed by atoms with Crippen molar-refractivity contribution in [1.82, 2.24) is 0 Å². The van der Waals surface area contributed by atoms with E-state index in [4.69, 9.17) is 0 Å². The minimum absolute atomic E-state index is 0.0584. The minimum atomic E-state index is -0.221. The molecule has 0 radical (unpaired) electrons. The number of benzene rings is 3. The SMILES string of the molecule is CCCCc1cc(O)c(C(C)(C)C)cc1C(C)CC(c1cc(C(C)(C)C)c(O)cc1CCCC)c1cc(C(C)(C)C)c(O)cc1CCCC. The summed E-state index contributed by atoms with van der Waals surface area (Å²) in [6.45, 7) is 28.7. The summed E-state index contributed by atoms with van der Waals surface area (Å²) < 4.78 is 0. The van der Waals surface area contributed by atoms with Crippen molar-refractivity contribution in [1.29, 1.82) is 0 Å². The second-order valence-corrected chi connectivity index (χ2v) is 18.0. The molecule has 0 aliphatic rings. The lowest BCUT2D eigenvalue weighted by Crippen LogP contribution is -2.18. The summed E-state index contributed by atoms with van der Waals surface area (Å²) in [5, 5.41) is 34.1. The van der Waals surface area contributed by atoms with Gasteiger partial charge in [0.2, 0.25) is 0 Å². The monoisotopic (exact) mass is 671 g/mol. The highest BCUT2D eigenvalue weighted by molar-refractivity contribution is 5.54. The van der Waals surface area contributed by atoms with Gasteiger partial charge in [0.1, 0.15) is 17.2 Å². The quantitative estimate of drug-likeness (QED) is 0.160. The molecule has 1 unspecified atom stereocenters. The summed E-state index contributed by atoms with van der Waals surface area (Å²) in [5.74, 6) is 1.43. The Labute approximate surface area is 300 Å². The Morgan fingerprint density at radius 3 is 1.04 bits per heavy atom. The van der Waals surface area contributed by atoms with Crippen molar-refractivity contribution < 1.29 is 15.3 Å². The van der Waals surface area contributed by atoms with Gasteiger partial charge in [0.05, 0.1) is 0 Å². The Morgan fingerprint density at radius 1 is 0.469 bits per heavy atom. The van der Waals surface area contributed by atoms with Crippen LogP contribution in [0.3, 0.4) is 0 Å². The average Bonchev–Trinajstić information content (AvgIpc) is 2.98. The van der Waals surface area contributed by atoms with Gasteiger partial charge in [-0.2, -0.15) is 0 Å². The van der Waals surface area contributed by atoms with Gasteiger partial charge in [0, 0.05) is 5.92 Å². The van der Waals surface area contributed by atoms with Crippen molar-refractivity contribution >= 4 is 0 Å². The van der Waals surface area contributed by atoms with Crippen LogP contribution < -0.4 is 0 Å². The van der Waals surface area contributed by atoms with Crippen LogP contribution in [0.25, 0.3) is 0 Å². The first-order valence-electron chi connectivity index (χ1n) is 19.3. The zero-order valence-electron chi connectivity index (χ0n) is 33.5. The largest absolute Gasteiger partial charge is 0.508 e. The smallest absolute Gasteiger partial charge is 0.119 e. The fourth-order valence-electron chi connectivity index (χ4n) is 7.51. The maximum Gasteiger partial charge on any atom is 0.119 e. The molecule has 0 fully saturated rings. The lowest BCUT2D eigenvalue weighted by atomic mass is 9.72. The molecule has 3 rings (SSSR count). The fraction of sp³-hybridized carbons (Fsp3) is 0.609. The molecule has 0 aliphatic heterocycles. The standard InChI is InChI=1S/C46H70O3/c1-14-17-20-31-24-41(47)38(44(5,6)7)27-34(31)30(4)23-37(35-28-39(45(8,9)10)42(48)25-32(35)21-18-15-2)36-29-40(46(11,12)13)43(49)26-33(36)22-19-16-3/h24-30,37,47-49H,14-23H2,1-13H3. The van der Waals surface area contributed by atoms with E-state index in [1.54, 1.807) is 0 Å². The van der Waals surface area contributed by atoms with E-state index in [-0.39, 0.29) is 28.1 Å². The van der Waals surface area contributed by atoms with E-state index in [0.717, 1.165) is 80.9 Å². The van der Waals surface area contributed by atoms with Gasteiger partial charge in [0.15, 0.2) is 0 Å². The van der Waals surface area contributed by atoms with E-state index < -0.39 is 0 Å². The van der Waals surface area contributed by atoms with E-state index in [1.165, 1.54) is 33.4 Å². The van der Waals surface area contributed by atoms with Crippen LogP contribution in [-0.2, 0) is 35.5 Å². The molecular formula is C46H70O3. The van der Waals surface area contributed by atoms with Crippen LogP contribution in [0, 0.1) is 0 Å². The summed E-state index contributed by atoms with van der Waals surface area (Å²) in [5.41, 5.74) is 9.97. The fourth-order valence-corrected chi connectivity index (χ4v) is 7.51. The molecule has 3 aromatic carbocycles. The van der Waals surface area contributed by atoms with Gasteiger partial charge in [-0.1, -0.05) is 127 Å². The number of rotatable bonds is 14. The van der Waals surface area contributed by atoms with Gasteiger partial charge in [-0.3, -0.25) is 0 Å². The Balaban J connectivity index is 2.44. The van der Waals surface area contributed by atoms with Crippen molar-refractivity contribution in [2.75, 3.05) is 0 Å². The van der Waals surface area contributed by atoms with Gasteiger partial charge in [-0.15, -0.1) is 0 Å². The summed E-state index contributed by atoms with van der Waals surface area (Å²) in [6.07, 6.45) is 10.1. The molecule has 0 aromatic heterocycles. The molecule has 272 valence electrons. The molecule has 0 saturated carbocycles. The topological polar surface area (TPSA) is 60.7 Å². The number of phenolic OH excluding ortho intramolecular Hbond substituents is 3. The predicted octanol–water partition coefficient (Wildman–Crippen LogP) is 13.0. The Kier molecular flexibility index (Phi) is 13.5. The summed E-state index contributed by atoms with van der Waals surface area (Å²) in [7, 11) is 0. The van der Waals surface area contributed by atoms with Crippen LogP contribution in [0.15, 0.2) is 36.4 Å². The number of hydrogen-bond acceptors (Lipinski definition) is 3. The molecule has 3 heteroatoms. The molecule has 3 nitrogen and oxygen atoms in total. The first kappa shape index (κ1) is 40.5. The van der Waals surface area contributed by atoms with Gasteiger partial charge < -0.3 is 15.3 Å². The van der Waals surface area contributed by atoms with Gasteiger partial charge in [0.25, 0.3) is 0 Å². The number of aryl methyl sites for hydroxylation is 3. The highest BCUT2D eigenvalue weighted by Crippen LogP contribution is 2.46. The van der Waals surface area contributed by atoms with Gasteiger partial charge >= 0.3 is 0 Å². The molecule has 3 N–H and O–H groups in total. The summed E-state index contributed by atoms with van der Waals surface area (Å²) >= 11 is 0. The third-order valence-corrected chi connectivity index (χ3v) is 10.5. The van der Waals surface area contributed by atoms with Crippen LogP contribution in [0.5, 0.6) is 17.2 Å². The first-order valence-corrected chi connectivity index (χ1v) is 19.3. The molecule has 3 aromatic rings. The van der Waals surface area contributed by atoms with Crippen LogP contribution in [0.2, 0.25) is 0 Å². The third kappa shape index (κ3) is 10.1. The van der Waals surface area contributed by atoms with E-state index in [1.807, 2.05) is 6.07 Å². The van der Waals surface area contributed by atoms with Crippen molar-refractivity contribution in [3.05, 3.63) is 86.5 Å². The summed E-state index contributed by atoms with van der Waals surface area (Å²) in [4.78, 5) is 0. The molecule has 0 spiro atoms. The zero-order chi connectivity index (χ0) is 36.9. The molecule has 0 heterocycles. The Hall–Kier alpha value is -2.94. The Bertz CT molecular complexity index is 1470. The molecule has 1 atom stereocenters. The van der Waals surface area contributed by atoms with E-state index in [2.05, 4.69) is 120 Å². The van der Waals surface area contributed by atoms with E-state index in [0.29, 0.717) is 17.2 Å². The lowest BCUT2D eigenvalue weighted by molar-refractivity contribution is 0.443. The van der Waals surface area contributed by atoms with E-state index >= 15 is 0 Å². The number of aromatic hydroxyl groups is 3. The van der Waals surface area contributed by atoms with Crippen molar-refractivity contribution in [2.45, 2.75) is 182 Å². The molecule has 0 aliphatic carbocycles. The highest BCUT2D eigenvalue weighted by Gasteiger charge is 2.31. The van der Waals surface area contributed by atoms with Crippen LogP contribution in [0.1, 0.15) is 197 Å². The van der Waals surface area contributed by atoms with Crippen molar-refractivity contribution in [2.24, 2.45) is 0 Å². The van der Waals surface area contributed by atoms with Crippen LogP contribution >= 0.6 is 0 Å². The third-order valence-electron chi connectivity index (χ3n) is 10.5. The lowest BCUT2D eigenvalue weighted by Gasteiger charge is -2.32. The minimum Gasteiger partial charge on any atom is -0.508 e. The van der Waals surface area contributed by atoms with Crippen LogP contribution in [0.4, 0.5) is 0 Å². The number of phenols is 3.